The Hall–Kier alpha value is -3.75. The number of fused-ring (bicyclic) bond motifs is 5. The molecule has 1 amide bonds. The van der Waals surface area contributed by atoms with Crippen LogP contribution in [0.15, 0.2) is 89.4 Å². The van der Waals surface area contributed by atoms with Gasteiger partial charge in [-0.25, -0.2) is 0 Å². The molecule has 196 valence electrons. The van der Waals surface area contributed by atoms with Gasteiger partial charge in [0.25, 0.3) is 11.9 Å². The fourth-order valence-corrected chi connectivity index (χ4v) is 7.62. The van der Waals surface area contributed by atoms with Crippen LogP contribution in [0.1, 0.15) is 35.4 Å². The number of rotatable bonds is 5. The van der Waals surface area contributed by atoms with Gasteiger partial charge >= 0.3 is 0 Å². The molecule has 7 nitrogen and oxygen atoms in total. The third-order valence-corrected chi connectivity index (χ3v) is 9.26. The van der Waals surface area contributed by atoms with Crippen molar-refractivity contribution in [2.45, 2.75) is 43.0 Å². The average Bonchev–Trinajstić information content (AvgIpc) is 3.61. The molecule has 2 saturated heterocycles. The number of hydrogen-bond acceptors (Lipinski definition) is 5. The van der Waals surface area contributed by atoms with Crippen LogP contribution in [0.2, 0.25) is 0 Å². The van der Waals surface area contributed by atoms with Crippen LogP contribution in [0.5, 0.6) is 5.75 Å². The summed E-state index contributed by atoms with van der Waals surface area (Å²) >= 11 is 3.66. The van der Waals surface area contributed by atoms with Gasteiger partial charge in [-0.15, -0.1) is 0 Å². The molecule has 1 N–H and O–H groups in total. The highest BCUT2D eigenvalue weighted by Crippen LogP contribution is 2.58. The summed E-state index contributed by atoms with van der Waals surface area (Å²) in [7, 11) is 0. The van der Waals surface area contributed by atoms with E-state index in [0.29, 0.717) is 30.2 Å². The Labute approximate surface area is 234 Å². The van der Waals surface area contributed by atoms with Crippen LogP contribution >= 0.6 is 15.9 Å². The zero-order valence-electron chi connectivity index (χ0n) is 21.0. The topological polar surface area (TPSA) is 84.7 Å². The van der Waals surface area contributed by atoms with Crippen molar-refractivity contribution in [3.63, 3.8) is 0 Å². The van der Waals surface area contributed by atoms with Gasteiger partial charge in [0.15, 0.2) is 5.54 Å². The Morgan fingerprint density at radius 3 is 2.64 bits per heavy atom. The second-order valence-electron chi connectivity index (χ2n) is 10.6. The van der Waals surface area contributed by atoms with Gasteiger partial charge in [0.1, 0.15) is 12.4 Å². The molecule has 2 fully saturated rings. The fourth-order valence-electron chi connectivity index (χ4n) is 7.11. The van der Waals surface area contributed by atoms with E-state index in [1.165, 1.54) is 5.39 Å². The largest absolute Gasteiger partial charge is 0.488 e. The molecule has 3 aliphatic rings. The number of hydrogen-bond donors (Lipinski definition) is 1. The lowest BCUT2D eigenvalue weighted by atomic mass is 9.77. The lowest BCUT2D eigenvalue weighted by molar-refractivity contribution is -0.534. The number of para-hydroxylation sites is 1. The van der Waals surface area contributed by atoms with Crippen molar-refractivity contribution in [3.8, 4) is 5.75 Å². The first-order chi connectivity index (χ1) is 19.0. The van der Waals surface area contributed by atoms with Gasteiger partial charge in [-0.3, -0.25) is 19.8 Å². The van der Waals surface area contributed by atoms with Gasteiger partial charge in [-0.2, -0.15) is 0 Å². The average molecular weight is 584 g/mol. The molecule has 0 aliphatic carbocycles. The number of benzene rings is 4. The van der Waals surface area contributed by atoms with E-state index < -0.39 is 17.5 Å². The Morgan fingerprint density at radius 2 is 1.82 bits per heavy atom. The molecule has 1 spiro atoms. The number of anilines is 1. The smallest absolute Gasteiger partial charge is 0.256 e. The molecule has 3 aliphatic heterocycles. The molecule has 4 aromatic carbocycles. The summed E-state index contributed by atoms with van der Waals surface area (Å²) in [4.78, 5) is 28.3. The minimum atomic E-state index is -1.32. The maximum absolute atomic E-state index is 13.6. The summed E-state index contributed by atoms with van der Waals surface area (Å²) in [6.45, 7) is 1.06. The number of halogens is 1. The minimum absolute atomic E-state index is 0.103. The zero-order valence-corrected chi connectivity index (χ0v) is 22.6. The second-order valence-corrected chi connectivity index (χ2v) is 11.4. The molecule has 0 aromatic heterocycles. The maximum atomic E-state index is 13.6. The van der Waals surface area contributed by atoms with E-state index in [2.05, 4.69) is 56.5 Å². The van der Waals surface area contributed by atoms with Crippen molar-refractivity contribution in [1.82, 2.24) is 4.90 Å². The van der Waals surface area contributed by atoms with E-state index in [4.69, 9.17) is 4.74 Å². The van der Waals surface area contributed by atoms with E-state index in [-0.39, 0.29) is 16.9 Å². The van der Waals surface area contributed by atoms with Crippen molar-refractivity contribution in [2.24, 2.45) is 0 Å². The molecule has 39 heavy (non-hydrogen) atoms. The molecule has 8 heteroatoms. The van der Waals surface area contributed by atoms with Crippen LogP contribution in [-0.2, 0) is 16.9 Å². The molecule has 4 aromatic rings. The second kappa shape index (κ2) is 9.17. The third-order valence-electron chi connectivity index (χ3n) is 8.64. The van der Waals surface area contributed by atoms with Gasteiger partial charge in [-0.1, -0.05) is 60.7 Å². The number of amides is 1. The summed E-state index contributed by atoms with van der Waals surface area (Å²) in [6.07, 6.45) is 1.71. The molecule has 0 saturated carbocycles. The van der Waals surface area contributed by atoms with Gasteiger partial charge < -0.3 is 10.1 Å². The predicted octanol–water partition coefficient (Wildman–Crippen LogP) is 6.24. The highest BCUT2D eigenvalue weighted by Gasteiger charge is 2.73. The molecule has 0 radical (unpaired) electrons. The Kier molecular flexibility index (Phi) is 5.72. The number of carbonyl (C=O) groups excluding carboxylic acids is 1. The summed E-state index contributed by atoms with van der Waals surface area (Å²) in [5, 5.41) is 18.1. The van der Waals surface area contributed by atoms with Gasteiger partial charge in [0, 0.05) is 28.8 Å². The number of carbonyl (C=O) groups is 1. The van der Waals surface area contributed by atoms with E-state index in [9.17, 15) is 14.9 Å². The molecular weight excluding hydrogens is 558 g/mol. The lowest BCUT2D eigenvalue weighted by Gasteiger charge is -2.32. The fraction of sp³-hybridized carbons (Fsp3) is 0.258. The third kappa shape index (κ3) is 3.62. The van der Waals surface area contributed by atoms with Gasteiger partial charge in [-0.05, 0) is 74.9 Å². The maximum Gasteiger partial charge on any atom is 0.256 e. The standard InChI is InChI=1S/C31H26BrN3O4/c32-24-17-22(13-14-27(24)39-18-19-11-12-20-6-1-2-7-21(20)16-19)28-26-10-5-15-34(26)31(29(28)35(37)38)23-8-3-4-9-25(23)33-30(31)36/h1-4,6-9,11-14,16-17,26,28-29H,5,10,15,18H2,(H,33,36)/t26-,28-,29-,31+/m1/s1. The van der Waals surface area contributed by atoms with Crippen LogP contribution < -0.4 is 10.1 Å². The summed E-state index contributed by atoms with van der Waals surface area (Å²) < 4.78 is 6.89. The van der Waals surface area contributed by atoms with Crippen molar-refractivity contribution in [1.29, 1.82) is 0 Å². The van der Waals surface area contributed by atoms with Crippen LogP contribution in [0, 0.1) is 10.1 Å². The highest BCUT2D eigenvalue weighted by atomic mass is 79.9. The lowest BCUT2D eigenvalue weighted by Crippen LogP contribution is -2.55. The van der Waals surface area contributed by atoms with Crippen LogP contribution in [-0.4, -0.2) is 34.4 Å². The number of nitrogens with zero attached hydrogens (tertiary/aromatic N) is 2. The molecular formula is C31H26BrN3O4. The zero-order chi connectivity index (χ0) is 26.7. The van der Waals surface area contributed by atoms with E-state index in [1.807, 2.05) is 54.6 Å². The van der Waals surface area contributed by atoms with Gasteiger partial charge in [0.2, 0.25) is 0 Å². The van der Waals surface area contributed by atoms with E-state index in [0.717, 1.165) is 33.8 Å². The summed E-state index contributed by atoms with van der Waals surface area (Å²) in [6, 6.07) is 26.4. The summed E-state index contributed by atoms with van der Waals surface area (Å²) in [5.41, 5.74) is 1.96. The normalized spacial score (nSPS) is 25.6. The number of ether oxygens (including phenoxy) is 1. The van der Waals surface area contributed by atoms with E-state index in [1.54, 1.807) is 0 Å². The van der Waals surface area contributed by atoms with Crippen LogP contribution in [0.25, 0.3) is 10.8 Å². The monoisotopic (exact) mass is 583 g/mol. The highest BCUT2D eigenvalue weighted by molar-refractivity contribution is 9.10. The van der Waals surface area contributed by atoms with Crippen molar-refractivity contribution in [2.75, 3.05) is 11.9 Å². The minimum Gasteiger partial charge on any atom is -0.488 e. The molecule has 4 atom stereocenters. The van der Waals surface area contributed by atoms with Gasteiger partial charge in [0.05, 0.1) is 10.4 Å². The molecule has 7 rings (SSSR count). The quantitative estimate of drug-likeness (QED) is 0.222. The predicted molar refractivity (Wildman–Crippen MR) is 152 cm³/mol. The van der Waals surface area contributed by atoms with Crippen LogP contribution in [0.4, 0.5) is 5.69 Å². The first-order valence-electron chi connectivity index (χ1n) is 13.2. The molecule has 3 heterocycles. The molecule has 0 bridgehead atoms. The SMILES string of the molecule is O=C1Nc2ccccc2[C@]12[C@H]([N+](=O)[O-])[C@H](c1ccc(OCc3ccc4ccccc4c3)c(Br)c1)[C@H]1CCCN12. The van der Waals surface area contributed by atoms with Crippen molar-refractivity contribution < 1.29 is 14.5 Å². The first-order valence-corrected chi connectivity index (χ1v) is 14.0. The van der Waals surface area contributed by atoms with Crippen LogP contribution in [0.3, 0.4) is 0 Å². The Balaban J connectivity index is 1.22. The number of nitro groups is 1. The first kappa shape index (κ1) is 24.3. The number of nitrogens with one attached hydrogen (secondary N) is 1. The molecule has 0 unspecified atom stereocenters. The van der Waals surface area contributed by atoms with Crippen molar-refractivity contribution >= 4 is 38.3 Å². The summed E-state index contributed by atoms with van der Waals surface area (Å²) in [5.74, 6) is -0.0658. The van der Waals surface area contributed by atoms with E-state index >= 15 is 0 Å². The van der Waals surface area contributed by atoms with Crippen molar-refractivity contribution in [3.05, 3.63) is 116 Å². The Morgan fingerprint density at radius 1 is 1.03 bits per heavy atom. The Bertz CT molecular complexity index is 1640.